The molecule has 10 nitrogen and oxygen atoms in total. The van der Waals surface area contributed by atoms with Crippen molar-refractivity contribution in [3.8, 4) is 0 Å². The van der Waals surface area contributed by atoms with Crippen molar-refractivity contribution in [3.05, 3.63) is 12.2 Å². The van der Waals surface area contributed by atoms with Crippen molar-refractivity contribution in [1.82, 2.24) is 0 Å². The van der Waals surface area contributed by atoms with Crippen LogP contribution in [0.15, 0.2) is 12.2 Å². The molecule has 0 fully saturated rings. The van der Waals surface area contributed by atoms with Crippen LogP contribution in [0, 0.1) is 0 Å². The molecule has 0 aliphatic heterocycles. The Labute approximate surface area is 179 Å². The quantitative estimate of drug-likeness (QED) is 0.127. The summed E-state index contributed by atoms with van der Waals surface area (Å²) >= 11 is 0. The maximum absolute atomic E-state index is 11.1. The molecule has 0 spiro atoms. The highest BCUT2D eigenvalue weighted by molar-refractivity contribution is 5.86. The predicted molar refractivity (Wildman–Crippen MR) is 111 cm³/mol. The summed E-state index contributed by atoms with van der Waals surface area (Å²) in [4.78, 5) is 11.1. The monoisotopic (exact) mass is 437 g/mol. The van der Waals surface area contributed by atoms with E-state index in [-0.39, 0.29) is 6.61 Å². The average Bonchev–Trinajstić information content (AvgIpc) is 2.74. The number of ether oxygens (including phenoxy) is 8. The highest BCUT2D eigenvalue weighted by atomic mass is 16.6. The van der Waals surface area contributed by atoms with Crippen molar-refractivity contribution in [3.63, 3.8) is 0 Å². The van der Waals surface area contributed by atoms with Gasteiger partial charge in [-0.05, 0) is 6.92 Å². The third kappa shape index (κ3) is 23.2. The van der Waals surface area contributed by atoms with Crippen LogP contribution in [-0.2, 0) is 42.7 Å². The van der Waals surface area contributed by atoms with E-state index < -0.39 is 5.97 Å². The fourth-order valence-electron chi connectivity index (χ4n) is 1.82. The van der Waals surface area contributed by atoms with Gasteiger partial charge in [0.2, 0.25) is 0 Å². The van der Waals surface area contributed by atoms with E-state index in [9.17, 15) is 4.79 Å². The molecule has 30 heavy (non-hydrogen) atoms. The van der Waals surface area contributed by atoms with Crippen molar-refractivity contribution in [1.29, 1.82) is 0 Å². The molecule has 0 saturated carbocycles. The van der Waals surface area contributed by atoms with Gasteiger partial charge in [-0.3, -0.25) is 0 Å². The lowest BCUT2D eigenvalue weighted by Crippen LogP contribution is -2.15. The first-order chi connectivity index (χ1) is 14.7. The van der Waals surface area contributed by atoms with E-state index in [1.165, 1.54) is 0 Å². The first-order valence-electron chi connectivity index (χ1n) is 10.3. The molecule has 0 aromatic carbocycles. The summed E-state index contributed by atoms with van der Waals surface area (Å²) in [6.45, 7) is 12.7. The van der Waals surface area contributed by atoms with Crippen LogP contribution in [0.1, 0.15) is 6.92 Å². The molecule has 2 N–H and O–H groups in total. The van der Waals surface area contributed by atoms with Crippen molar-refractivity contribution < 1.29 is 42.7 Å². The summed E-state index contributed by atoms with van der Waals surface area (Å²) in [5.41, 5.74) is 5.68. The summed E-state index contributed by atoms with van der Waals surface area (Å²) < 4.78 is 42.2. The van der Waals surface area contributed by atoms with E-state index in [4.69, 9.17) is 43.6 Å². The Hall–Kier alpha value is -1.11. The van der Waals surface area contributed by atoms with E-state index in [0.29, 0.717) is 105 Å². The van der Waals surface area contributed by atoms with Gasteiger partial charge < -0.3 is 43.6 Å². The third-order valence-electron chi connectivity index (χ3n) is 3.30. The van der Waals surface area contributed by atoms with E-state index in [1.807, 2.05) is 0 Å². The number of carbonyl (C=O) groups is 1. The molecule has 0 aromatic heterocycles. The lowest BCUT2D eigenvalue weighted by Gasteiger charge is -2.08. The summed E-state index contributed by atoms with van der Waals surface area (Å²) in [5, 5.41) is 0. The molecule has 0 atom stereocenters. The minimum absolute atomic E-state index is 0.207. The maximum atomic E-state index is 11.1. The van der Waals surface area contributed by atoms with Gasteiger partial charge >= 0.3 is 5.97 Å². The number of carbonyl (C=O) groups excluding carboxylic acids is 1. The second-order valence-corrected chi connectivity index (χ2v) is 5.99. The Morgan fingerprint density at radius 2 is 0.833 bits per heavy atom. The summed E-state index contributed by atoms with van der Waals surface area (Å²) in [6.07, 6.45) is 0. The number of hydrogen-bond acceptors (Lipinski definition) is 10. The fourth-order valence-corrected chi connectivity index (χ4v) is 1.82. The molecule has 0 unspecified atom stereocenters. The highest BCUT2D eigenvalue weighted by Gasteiger charge is 2.01. The molecule has 0 aliphatic rings. The van der Waals surface area contributed by atoms with Gasteiger partial charge in [-0.2, -0.15) is 0 Å². The third-order valence-corrected chi connectivity index (χ3v) is 3.30. The van der Waals surface area contributed by atoms with Gasteiger partial charge in [0.15, 0.2) is 0 Å². The second-order valence-electron chi connectivity index (χ2n) is 5.99. The van der Waals surface area contributed by atoms with Crippen LogP contribution in [0.3, 0.4) is 0 Å². The van der Waals surface area contributed by atoms with Crippen LogP contribution >= 0.6 is 0 Å². The molecule has 0 rings (SSSR count). The first kappa shape index (κ1) is 28.9. The molecule has 0 aromatic rings. The lowest BCUT2D eigenvalue weighted by molar-refractivity contribution is -0.140. The number of nitrogens with two attached hydrogens (primary N) is 1. The summed E-state index contributed by atoms with van der Waals surface area (Å²) in [7, 11) is 0. The van der Waals surface area contributed by atoms with E-state index in [0.717, 1.165) is 0 Å². The Morgan fingerprint density at radius 3 is 1.10 bits per heavy atom. The van der Waals surface area contributed by atoms with Crippen LogP contribution < -0.4 is 5.73 Å². The van der Waals surface area contributed by atoms with Crippen LogP contribution in [0.2, 0.25) is 0 Å². The van der Waals surface area contributed by atoms with Crippen molar-refractivity contribution in [2.45, 2.75) is 6.92 Å². The minimum Gasteiger partial charge on any atom is -0.460 e. The zero-order valence-corrected chi connectivity index (χ0v) is 18.3. The zero-order chi connectivity index (χ0) is 22.1. The van der Waals surface area contributed by atoms with Crippen LogP contribution in [0.4, 0.5) is 0 Å². The van der Waals surface area contributed by atoms with Gasteiger partial charge in [0, 0.05) is 12.1 Å². The average molecular weight is 438 g/mol. The van der Waals surface area contributed by atoms with Crippen molar-refractivity contribution >= 4 is 5.97 Å². The fraction of sp³-hybridized carbons (Fsp3) is 0.850. The Balaban J connectivity index is 3.05. The molecule has 0 saturated heterocycles. The zero-order valence-electron chi connectivity index (χ0n) is 18.3. The molecule has 10 heteroatoms. The van der Waals surface area contributed by atoms with Gasteiger partial charge in [-0.25, -0.2) is 4.79 Å². The molecule has 0 amide bonds. The van der Waals surface area contributed by atoms with Gasteiger partial charge in [-0.1, -0.05) is 6.58 Å². The van der Waals surface area contributed by atoms with Crippen LogP contribution in [-0.4, -0.2) is 112 Å². The molecule has 0 heterocycles. The summed E-state index contributed by atoms with van der Waals surface area (Å²) in [6, 6.07) is 0. The summed E-state index contributed by atoms with van der Waals surface area (Å²) in [5.74, 6) is -0.408. The Morgan fingerprint density at radius 1 is 0.567 bits per heavy atom. The second kappa shape index (κ2) is 24.2. The van der Waals surface area contributed by atoms with Crippen molar-refractivity contribution in [2.75, 3.05) is 106 Å². The van der Waals surface area contributed by atoms with E-state index in [2.05, 4.69) is 6.58 Å². The SMILES string of the molecule is C=C(C)C(=O)OCCOCCOCCOCCOCCOCCOCCOCCN. The largest absolute Gasteiger partial charge is 0.460 e. The molecule has 0 radical (unpaired) electrons. The van der Waals surface area contributed by atoms with Gasteiger partial charge in [0.05, 0.1) is 92.5 Å². The highest BCUT2D eigenvalue weighted by Crippen LogP contribution is 1.91. The van der Waals surface area contributed by atoms with Crippen LogP contribution in [0.25, 0.3) is 0 Å². The molecular formula is C20H39NO9. The molecule has 0 bridgehead atoms. The predicted octanol–water partition coefficient (Wildman–Crippen LogP) is 0.181. The standard InChI is InChI=1S/C20H39NO9/c1-19(2)20(22)30-18-17-29-16-15-28-14-13-27-12-11-26-10-9-25-8-7-24-6-5-23-4-3-21/h1,3-18,21H2,2H3. The lowest BCUT2D eigenvalue weighted by atomic mass is 10.4. The van der Waals surface area contributed by atoms with Crippen molar-refractivity contribution in [2.24, 2.45) is 5.73 Å². The Bertz CT molecular complexity index is 396. The maximum Gasteiger partial charge on any atom is 0.333 e. The topological polar surface area (TPSA) is 117 Å². The van der Waals surface area contributed by atoms with Gasteiger partial charge in [-0.15, -0.1) is 0 Å². The minimum atomic E-state index is -0.408. The number of rotatable bonds is 24. The van der Waals surface area contributed by atoms with Crippen LogP contribution in [0.5, 0.6) is 0 Å². The van der Waals surface area contributed by atoms with E-state index in [1.54, 1.807) is 6.92 Å². The molecular weight excluding hydrogens is 398 g/mol. The first-order valence-corrected chi connectivity index (χ1v) is 10.3. The molecule has 0 aliphatic carbocycles. The smallest absolute Gasteiger partial charge is 0.333 e. The molecule has 178 valence electrons. The van der Waals surface area contributed by atoms with Gasteiger partial charge in [0.25, 0.3) is 0 Å². The number of hydrogen-bond donors (Lipinski definition) is 1. The van der Waals surface area contributed by atoms with Gasteiger partial charge in [0.1, 0.15) is 6.61 Å². The normalized spacial score (nSPS) is 11.0. The number of esters is 1. The Kier molecular flexibility index (Phi) is 23.3. The van der Waals surface area contributed by atoms with E-state index >= 15 is 0 Å².